The number of sulfonamides is 1. The molecule has 0 atom stereocenters. The van der Waals surface area contributed by atoms with Gasteiger partial charge >= 0.3 is 0 Å². The summed E-state index contributed by atoms with van der Waals surface area (Å²) in [7, 11) is 0.159. The molecule has 3 rings (SSSR count). The summed E-state index contributed by atoms with van der Waals surface area (Å²) < 4.78 is 25.9. The zero-order valence-electron chi connectivity index (χ0n) is 14.0. The molecule has 1 aliphatic carbocycles. The first-order valence-corrected chi connectivity index (χ1v) is 9.93. The summed E-state index contributed by atoms with van der Waals surface area (Å²) in [5, 5.41) is 0. The fourth-order valence-electron chi connectivity index (χ4n) is 3.97. The molecule has 1 fully saturated rings. The first-order valence-electron chi connectivity index (χ1n) is 8.08. The molecule has 1 aliphatic heterocycles. The van der Waals surface area contributed by atoms with Gasteiger partial charge in [-0.1, -0.05) is 19.3 Å². The van der Waals surface area contributed by atoms with E-state index in [-0.39, 0.29) is 11.3 Å². The molecule has 0 radical (unpaired) electrons. The van der Waals surface area contributed by atoms with E-state index < -0.39 is 10.0 Å². The number of carbonyl (C=O) groups is 1. The van der Waals surface area contributed by atoms with Crippen LogP contribution in [0.3, 0.4) is 0 Å². The highest BCUT2D eigenvalue weighted by Crippen LogP contribution is 2.50. The van der Waals surface area contributed by atoms with Crippen LogP contribution in [0.2, 0.25) is 0 Å². The van der Waals surface area contributed by atoms with Crippen LogP contribution in [0.1, 0.15) is 48.0 Å². The Labute approximate surface area is 138 Å². The average molecular weight is 336 g/mol. The van der Waals surface area contributed by atoms with Crippen molar-refractivity contribution >= 4 is 21.6 Å². The molecular weight excluding hydrogens is 312 g/mol. The number of benzene rings is 1. The quantitative estimate of drug-likeness (QED) is 0.833. The molecule has 1 amide bonds. The van der Waals surface area contributed by atoms with Gasteiger partial charge in [0.1, 0.15) is 0 Å². The lowest BCUT2D eigenvalue weighted by molar-refractivity contribution is 0.0827. The first-order chi connectivity index (χ1) is 10.7. The fourth-order valence-corrected chi connectivity index (χ4v) is 4.96. The maximum Gasteiger partial charge on any atom is 0.253 e. The van der Waals surface area contributed by atoms with Gasteiger partial charge in [-0.2, -0.15) is 0 Å². The van der Waals surface area contributed by atoms with Gasteiger partial charge in [0.05, 0.1) is 11.9 Å². The molecule has 6 heteroatoms. The minimum absolute atomic E-state index is 0.0448. The van der Waals surface area contributed by atoms with Crippen LogP contribution in [0.15, 0.2) is 18.2 Å². The molecule has 0 saturated heterocycles. The third-order valence-electron chi connectivity index (χ3n) is 5.15. The van der Waals surface area contributed by atoms with Gasteiger partial charge in [0.2, 0.25) is 10.0 Å². The molecule has 1 spiro atoms. The van der Waals surface area contributed by atoms with Gasteiger partial charge in [0, 0.05) is 31.6 Å². The van der Waals surface area contributed by atoms with Crippen molar-refractivity contribution in [3.63, 3.8) is 0 Å². The van der Waals surface area contributed by atoms with E-state index in [0.29, 0.717) is 12.1 Å². The molecule has 23 heavy (non-hydrogen) atoms. The number of hydrogen-bond acceptors (Lipinski definition) is 3. The van der Waals surface area contributed by atoms with Crippen LogP contribution in [-0.2, 0) is 15.4 Å². The van der Waals surface area contributed by atoms with E-state index in [9.17, 15) is 13.2 Å². The predicted octanol–water partition coefficient (Wildman–Crippen LogP) is 2.37. The lowest BCUT2D eigenvalue weighted by atomic mass is 9.70. The molecule has 126 valence electrons. The lowest BCUT2D eigenvalue weighted by Crippen LogP contribution is -2.37. The van der Waals surface area contributed by atoms with E-state index in [4.69, 9.17) is 0 Å². The van der Waals surface area contributed by atoms with Gasteiger partial charge < -0.3 is 4.90 Å². The molecule has 1 aromatic carbocycles. The van der Waals surface area contributed by atoms with Crippen molar-refractivity contribution in [1.82, 2.24) is 4.90 Å². The molecular formula is C17H24N2O3S. The minimum atomic E-state index is -3.30. The molecule has 0 N–H and O–H groups in total. The highest BCUT2D eigenvalue weighted by molar-refractivity contribution is 7.92. The van der Waals surface area contributed by atoms with E-state index in [2.05, 4.69) is 0 Å². The Morgan fingerprint density at radius 1 is 1.17 bits per heavy atom. The minimum Gasteiger partial charge on any atom is -0.345 e. The van der Waals surface area contributed by atoms with Crippen LogP contribution in [0.25, 0.3) is 0 Å². The third kappa shape index (κ3) is 2.73. The Morgan fingerprint density at radius 3 is 2.39 bits per heavy atom. The van der Waals surface area contributed by atoms with Crippen LogP contribution in [-0.4, -0.2) is 46.1 Å². The fraction of sp³-hybridized carbons (Fsp3) is 0.588. The van der Waals surface area contributed by atoms with Crippen molar-refractivity contribution in [1.29, 1.82) is 0 Å². The summed E-state index contributed by atoms with van der Waals surface area (Å²) in [4.78, 5) is 13.8. The zero-order valence-corrected chi connectivity index (χ0v) is 14.8. The second-order valence-electron chi connectivity index (χ2n) is 7.04. The van der Waals surface area contributed by atoms with Crippen molar-refractivity contribution in [2.75, 3.05) is 31.2 Å². The summed E-state index contributed by atoms with van der Waals surface area (Å²) in [5.41, 5.74) is 2.30. The van der Waals surface area contributed by atoms with E-state index in [0.717, 1.165) is 36.9 Å². The highest BCUT2D eigenvalue weighted by Gasteiger charge is 2.46. The van der Waals surface area contributed by atoms with Crippen molar-refractivity contribution in [2.45, 2.75) is 37.5 Å². The molecule has 0 bridgehead atoms. The summed E-state index contributed by atoms with van der Waals surface area (Å²) >= 11 is 0. The Hall–Kier alpha value is -1.56. The predicted molar refractivity (Wildman–Crippen MR) is 91.4 cm³/mol. The van der Waals surface area contributed by atoms with E-state index in [1.165, 1.54) is 17.0 Å². The van der Waals surface area contributed by atoms with Crippen LogP contribution < -0.4 is 4.31 Å². The van der Waals surface area contributed by atoms with E-state index in [1.54, 1.807) is 31.1 Å². The summed E-state index contributed by atoms with van der Waals surface area (Å²) in [6, 6.07) is 5.46. The smallest absolute Gasteiger partial charge is 0.253 e. The Kier molecular flexibility index (Phi) is 3.91. The monoisotopic (exact) mass is 336 g/mol. The van der Waals surface area contributed by atoms with Crippen LogP contribution in [0.4, 0.5) is 5.69 Å². The van der Waals surface area contributed by atoms with Crippen molar-refractivity contribution in [3.05, 3.63) is 29.3 Å². The summed E-state index contributed by atoms with van der Waals surface area (Å²) in [6.45, 7) is 0.515. The number of carbonyl (C=O) groups excluding carboxylic acids is 1. The zero-order chi connectivity index (χ0) is 16.8. The molecule has 0 unspecified atom stereocenters. The lowest BCUT2D eigenvalue weighted by Gasteiger charge is -2.34. The average Bonchev–Trinajstić information content (AvgIpc) is 2.81. The highest BCUT2D eigenvalue weighted by atomic mass is 32.2. The molecule has 1 heterocycles. The largest absolute Gasteiger partial charge is 0.345 e. The van der Waals surface area contributed by atoms with Crippen LogP contribution in [0, 0.1) is 0 Å². The van der Waals surface area contributed by atoms with Crippen molar-refractivity contribution in [2.24, 2.45) is 0 Å². The van der Waals surface area contributed by atoms with Crippen LogP contribution in [0.5, 0.6) is 0 Å². The van der Waals surface area contributed by atoms with Crippen LogP contribution >= 0.6 is 0 Å². The van der Waals surface area contributed by atoms with Gasteiger partial charge in [-0.25, -0.2) is 8.42 Å². The maximum absolute atomic E-state index is 12.3. The second kappa shape index (κ2) is 5.51. The van der Waals surface area contributed by atoms with Gasteiger partial charge in [0.25, 0.3) is 5.91 Å². The van der Waals surface area contributed by atoms with Gasteiger partial charge in [-0.15, -0.1) is 0 Å². The number of nitrogens with zero attached hydrogens (tertiary/aromatic N) is 2. The normalized spacial score (nSPS) is 19.7. The molecule has 1 saturated carbocycles. The van der Waals surface area contributed by atoms with Crippen molar-refractivity contribution in [3.8, 4) is 0 Å². The van der Waals surface area contributed by atoms with Gasteiger partial charge in [0.15, 0.2) is 0 Å². The number of fused-ring (bicyclic) bond motifs is 2. The first kappa shape index (κ1) is 16.3. The standard InChI is InChI=1S/C17H24N2O3S/c1-18(2)16(20)13-7-8-15-14(11-13)17(9-5-4-6-10-17)12-19(15)23(3,21)22/h7-8,11H,4-6,9-10,12H2,1-3H3. The summed E-state index contributed by atoms with van der Waals surface area (Å²) in [6.07, 6.45) is 6.67. The van der Waals surface area contributed by atoms with Gasteiger partial charge in [-0.05, 0) is 36.6 Å². The topological polar surface area (TPSA) is 57.7 Å². The SMILES string of the molecule is CN(C)C(=O)c1ccc2c(c1)C1(CCCCC1)CN2S(C)(=O)=O. The van der Waals surface area contributed by atoms with E-state index >= 15 is 0 Å². The summed E-state index contributed by atoms with van der Waals surface area (Å²) in [5.74, 6) is -0.0448. The number of anilines is 1. The molecule has 2 aliphatic rings. The molecule has 0 aromatic heterocycles. The Bertz CT molecular complexity index is 734. The number of rotatable bonds is 2. The van der Waals surface area contributed by atoms with Gasteiger partial charge in [-0.3, -0.25) is 9.10 Å². The second-order valence-corrected chi connectivity index (χ2v) is 8.95. The van der Waals surface area contributed by atoms with E-state index in [1.807, 2.05) is 6.07 Å². The number of hydrogen-bond donors (Lipinski definition) is 0. The third-order valence-corrected chi connectivity index (χ3v) is 6.27. The number of amides is 1. The molecule has 5 nitrogen and oxygen atoms in total. The Balaban J connectivity index is 2.13. The van der Waals surface area contributed by atoms with Crippen molar-refractivity contribution < 1.29 is 13.2 Å². The maximum atomic E-state index is 12.3. The Morgan fingerprint density at radius 2 is 1.83 bits per heavy atom. The molecule has 1 aromatic rings.